The lowest BCUT2D eigenvalue weighted by Gasteiger charge is -2.65. The lowest BCUT2D eigenvalue weighted by atomic mass is 9.46. The van der Waals surface area contributed by atoms with Crippen LogP contribution in [-0.4, -0.2) is 49.2 Å². The number of piperidine rings is 1. The molecule has 2 fully saturated rings. The number of likely N-dealkylation sites (tertiary alicyclic amines) is 1. The number of hydrogen-bond acceptors (Lipinski definition) is 6. The predicted octanol–water partition coefficient (Wildman–Crippen LogP) is 1.80. The fourth-order valence-electron chi connectivity index (χ4n) is 6.50. The van der Waals surface area contributed by atoms with Crippen LogP contribution in [-0.2, 0) is 21.4 Å². The number of Topliss-reactive ketones (excluding diaryl/α,β-unsaturated/α-hetero) is 1. The molecule has 1 saturated heterocycles. The number of ether oxygens (including phenoxy) is 3. The Hall–Kier alpha value is -2.26. The molecule has 1 aromatic carbocycles. The highest BCUT2D eigenvalue weighted by atomic mass is 16.5. The smallest absolute Gasteiger partial charge is 0.179 e. The zero-order valence-corrected chi connectivity index (χ0v) is 15.2. The summed E-state index contributed by atoms with van der Waals surface area (Å²) in [6.45, 7) is 2.69. The maximum atomic E-state index is 13.0. The number of ketones is 1. The summed E-state index contributed by atoms with van der Waals surface area (Å²) in [4.78, 5) is 14.9. The van der Waals surface area contributed by atoms with Crippen molar-refractivity contribution in [2.24, 2.45) is 5.92 Å². The highest BCUT2D eigenvalue weighted by Crippen LogP contribution is 2.67. The first-order valence-corrected chi connectivity index (χ1v) is 9.16. The second-order valence-corrected chi connectivity index (χ2v) is 7.93. The summed E-state index contributed by atoms with van der Waals surface area (Å²) in [7, 11) is 3.35. The van der Waals surface area contributed by atoms with Crippen LogP contribution in [0.2, 0.25) is 0 Å². The first-order valence-electron chi connectivity index (χ1n) is 9.16. The maximum Gasteiger partial charge on any atom is 0.179 e. The minimum Gasteiger partial charge on any atom is -0.493 e. The van der Waals surface area contributed by atoms with Crippen LogP contribution < -0.4 is 9.47 Å². The van der Waals surface area contributed by atoms with Gasteiger partial charge in [-0.1, -0.05) is 13.0 Å². The van der Waals surface area contributed by atoms with Gasteiger partial charge in [-0.25, -0.2) is 0 Å². The Balaban J connectivity index is 1.88. The standard InChI is InChI=1S/C20H22N2O4/c1-11-8-13(23)18-19-6-7-22(10-21)15(20(11,19)25-3)9-12-4-5-14(24-2)17(26-18)16(12)19/h4-5,11,15,18H,6-9H2,1-3H3/t11-,15-,18+,19+,20?/m1/s1. The molecule has 0 aromatic heterocycles. The molecule has 4 aliphatic rings. The van der Waals surface area contributed by atoms with E-state index in [9.17, 15) is 10.1 Å². The first kappa shape index (κ1) is 16.0. The van der Waals surface area contributed by atoms with Gasteiger partial charge < -0.3 is 19.1 Å². The number of nitrogens with zero attached hydrogens (tertiary/aromatic N) is 2. The van der Waals surface area contributed by atoms with Gasteiger partial charge in [-0.3, -0.25) is 4.79 Å². The molecule has 6 heteroatoms. The van der Waals surface area contributed by atoms with Crippen LogP contribution in [0.1, 0.15) is 30.9 Å². The molecule has 2 aliphatic carbocycles. The molecule has 1 spiro atoms. The van der Waals surface area contributed by atoms with Gasteiger partial charge in [-0.15, -0.1) is 0 Å². The Labute approximate surface area is 152 Å². The molecule has 6 nitrogen and oxygen atoms in total. The number of nitriles is 1. The number of methoxy groups -OCH3 is 2. The van der Waals surface area contributed by atoms with Crippen molar-refractivity contribution < 1.29 is 19.0 Å². The van der Waals surface area contributed by atoms with Gasteiger partial charge in [-0.05, 0) is 30.4 Å². The number of carbonyl (C=O) groups is 1. The van der Waals surface area contributed by atoms with E-state index in [2.05, 4.69) is 19.2 Å². The molecular weight excluding hydrogens is 332 g/mol. The number of rotatable bonds is 2. The van der Waals surface area contributed by atoms with Crippen molar-refractivity contribution in [3.63, 3.8) is 0 Å². The maximum absolute atomic E-state index is 13.0. The van der Waals surface area contributed by atoms with Crippen LogP contribution in [0.15, 0.2) is 12.1 Å². The number of hydrogen-bond donors (Lipinski definition) is 0. The molecule has 2 heterocycles. The van der Waals surface area contributed by atoms with Crippen molar-refractivity contribution in [1.82, 2.24) is 4.90 Å². The normalized spacial score (nSPS) is 39.1. The van der Waals surface area contributed by atoms with E-state index in [-0.39, 0.29) is 17.7 Å². The molecule has 0 N–H and O–H groups in total. The summed E-state index contributed by atoms with van der Waals surface area (Å²) in [5, 5.41) is 9.75. The van der Waals surface area contributed by atoms with Gasteiger partial charge in [0, 0.05) is 25.6 Å². The summed E-state index contributed by atoms with van der Waals surface area (Å²) >= 11 is 0. The molecule has 5 rings (SSSR count). The van der Waals surface area contributed by atoms with E-state index in [0.29, 0.717) is 37.3 Å². The Morgan fingerprint density at radius 1 is 1.35 bits per heavy atom. The molecule has 1 aromatic rings. The Morgan fingerprint density at radius 3 is 2.85 bits per heavy atom. The quantitative estimate of drug-likeness (QED) is 0.754. The van der Waals surface area contributed by atoms with Crippen LogP contribution >= 0.6 is 0 Å². The first-order chi connectivity index (χ1) is 12.5. The third-order valence-corrected chi connectivity index (χ3v) is 7.28. The second-order valence-electron chi connectivity index (χ2n) is 7.93. The molecule has 1 saturated carbocycles. The molecule has 26 heavy (non-hydrogen) atoms. The van der Waals surface area contributed by atoms with Gasteiger partial charge in [0.25, 0.3) is 0 Å². The Morgan fingerprint density at radius 2 is 2.15 bits per heavy atom. The van der Waals surface area contributed by atoms with Gasteiger partial charge in [-0.2, -0.15) is 5.26 Å². The second kappa shape index (κ2) is 4.92. The Kier molecular flexibility index (Phi) is 3.02. The topological polar surface area (TPSA) is 71.8 Å². The van der Waals surface area contributed by atoms with Crippen molar-refractivity contribution in [2.45, 2.75) is 49.3 Å². The molecule has 1 unspecified atom stereocenters. The monoisotopic (exact) mass is 354 g/mol. The Bertz CT molecular complexity index is 862. The highest BCUT2D eigenvalue weighted by molar-refractivity contribution is 5.90. The third-order valence-electron chi connectivity index (χ3n) is 7.28. The lowest BCUT2D eigenvalue weighted by molar-refractivity contribution is -0.215. The van der Waals surface area contributed by atoms with E-state index in [1.165, 1.54) is 0 Å². The predicted molar refractivity (Wildman–Crippen MR) is 92.0 cm³/mol. The number of carbonyl (C=O) groups excluding carboxylic acids is 1. The van der Waals surface area contributed by atoms with Crippen molar-refractivity contribution in [3.8, 4) is 17.7 Å². The van der Waals surface area contributed by atoms with Crippen molar-refractivity contribution in [1.29, 1.82) is 5.26 Å². The average molecular weight is 354 g/mol. The zero-order chi connectivity index (χ0) is 18.3. The zero-order valence-electron chi connectivity index (χ0n) is 15.2. The fourth-order valence-corrected chi connectivity index (χ4v) is 6.50. The van der Waals surface area contributed by atoms with Crippen LogP contribution in [0.4, 0.5) is 0 Å². The SMILES string of the molecule is COc1ccc2c3c1O[C@H]1C(=O)C[C@@H](C)C4(OC)[C@@H](C2)N(C#N)CC[C@]314. The van der Waals surface area contributed by atoms with Crippen LogP contribution in [0.3, 0.4) is 0 Å². The van der Waals surface area contributed by atoms with Crippen molar-refractivity contribution in [3.05, 3.63) is 23.3 Å². The molecular formula is C20H22N2O4. The third kappa shape index (κ3) is 1.43. The van der Waals surface area contributed by atoms with E-state index in [1.54, 1.807) is 14.2 Å². The molecule has 136 valence electrons. The van der Waals surface area contributed by atoms with E-state index in [1.807, 2.05) is 11.0 Å². The van der Waals surface area contributed by atoms with E-state index in [4.69, 9.17) is 14.2 Å². The van der Waals surface area contributed by atoms with Gasteiger partial charge in [0.1, 0.15) is 5.60 Å². The lowest BCUT2D eigenvalue weighted by Crippen LogP contribution is -2.79. The van der Waals surface area contributed by atoms with Crippen LogP contribution in [0, 0.1) is 17.4 Å². The van der Waals surface area contributed by atoms with E-state index in [0.717, 1.165) is 11.1 Å². The summed E-state index contributed by atoms with van der Waals surface area (Å²) in [5.41, 5.74) is 1.05. The average Bonchev–Trinajstić information content (AvgIpc) is 2.99. The molecule has 2 aliphatic heterocycles. The van der Waals surface area contributed by atoms with Crippen molar-refractivity contribution >= 4 is 5.78 Å². The summed E-state index contributed by atoms with van der Waals surface area (Å²) in [6.07, 6.45) is 3.59. The van der Waals surface area contributed by atoms with Crippen molar-refractivity contribution in [2.75, 3.05) is 20.8 Å². The van der Waals surface area contributed by atoms with E-state index >= 15 is 0 Å². The molecule has 5 atom stereocenters. The number of benzene rings is 1. The van der Waals surface area contributed by atoms with Crippen LogP contribution in [0.5, 0.6) is 11.5 Å². The minimum absolute atomic E-state index is 0.00583. The molecule has 0 amide bonds. The molecule has 0 radical (unpaired) electrons. The fraction of sp³-hybridized carbons (Fsp3) is 0.600. The minimum atomic E-state index is -0.621. The van der Waals surface area contributed by atoms with Gasteiger partial charge in [0.05, 0.1) is 18.6 Å². The largest absolute Gasteiger partial charge is 0.493 e. The summed E-state index contributed by atoms with van der Waals surface area (Å²) in [5.74, 6) is 1.49. The van der Waals surface area contributed by atoms with Crippen LogP contribution in [0.25, 0.3) is 0 Å². The van der Waals surface area contributed by atoms with Gasteiger partial charge in [0.2, 0.25) is 0 Å². The highest BCUT2D eigenvalue weighted by Gasteiger charge is 2.76. The summed E-state index contributed by atoms with van der Waals surface area (Å²) < 4.78 is 18.1. The molecule has 2 bridgehead atoms. The van der Waals surface area contributed by atoms with Gasteiger partial charge >= 0.3 is 0 Å². The summed E-state index contributed by atoms with van der Waals surface area (Å²) in [6, 6.07) is 3.87. The van der Waals surface area contributed by atoms with Gasteiger partial charge in [0.15, 0.2) is 29.6 Å². The van der Waals surface area contributed by atoms with E-state index < -0.39 is 17.1 Å².